The van der Waals surface area contributed by atoms with Crippen molar-refractivity contribution in [2.75, 3.05) is 12.9 Å². The molecule has 0 fully saturated rings. The first kappa shape index (κ1) is 17.6. The van der Waals surface area contributed by atoms with Crippen molar-refractivity contribution in [2.24, 2.45) is 0 Å². The zero-order valence-corrected chi connectivity index (χ0v) is 13.0. The highest BCUT2D eigenvalue weighted by Gasteiger charge is 2.26. The summed E-state index contributed by atoms with van der Waals surface area (Å²) in [5.74, 6) is -1.49. The molecule has 0 aliphatic heterocycles. The lowest BCUT2D eigenvalue weighted by atomic mass is 10.1. The first-order chi connectivity index (χ1) is 9.89. The molecule has 118 valence electrons. The summed E-state index contributed by atoms with van der Waals surface area (Å²) < 4.78 is 31.6. The van der Waals surface area contributed by atoms with Gasteiger partial charge in [-0.05, 0) is 12.0 Å². The van der Waals surface area contributed by atoms with Gasteiger partial charge in [0.2, 0.25) is 10.0 Å². The largest absolute Gasteiger partial charge is 0.480 e. The fourth-order valence-corrected chi connectivity index (χ4v) is 3.43. The van der Waals surface area contributed by atoms with Crippen molar-refractivity contribution in [1.29, 1.82) is 0 Å². The molecular formula is C14H21NO5S. The molecule has 0 radical (unpaired) electrons. The van der Waals surface area contributed by atoms with Crippen molar-refractivity contribution in [2.45, 2.75) is 31.9 Å². The number of methoxy groups -OCH3 is 1. The quantitative estimate of drug-likeness (QED) is 0.721. The maximum atomic E-state index is 12.1. The number of hydrogen-bond acceptors (Lipinski definition) is 4. The molecule has 0 spiro atoms. The molecule has 21 heavy (non-hydrogen) atoms. The van der Waals surface area contributed by atoms with Crippen LogP contribution < -0.4 is 4.72 Å². The number of benzene rings is 1. The Morgan fingerprint density at radius 2 is 1.95 bits per heavy atom. The Morgan fingerprint density at radius 3 is 2.43 bits per heavy atom. The van der Waals surface area contributed by atoms with Crippen LogP contribution >= 0.6 is 0 Å². The molecule has 0 saturated carbocycles. The molecule has 0 amide bonds. The Balaban J connectivity index is 2.80. The Kier molecular flexibility index (Phi) is 6.80. The van der Waals surface area contributed by atoms with Gasteiger partial charge >= 0.3 is 5.97 Å². The van der Waals surface area contributed by atoms with Crippen molar-refractivity contribution in [3.05, 3.63) is 35.9 Å². The topological polar surface area (TPSA) is 92.7 Å². The van der Waals surface area contributed by atoms with E-state index in [0.29, 0.717) is 6.42 Å². The van der Waals surface area contributed by atoms with E-state index in [1.54, 1.807) is 31.2 Å². The van der Waals surface area contributed by atoms with Gasteiger partial charge in [-0.2, -0.15) is 0 Å². The van der Waals surface area contributed by atoms with Crippen molar-refractivity contribution in [1.82, 2.24) is 4.72 Å². The maximum Gasteiger partial charge on any atom is 0.321 e. The normalized spacial score (nSPS) is 14.6. The lowest BCUT2D eigenvalue weighted by molar-refractivity contribution is -0.139. The predicted octanol–water partition coefficient (Wildman–Crippen LogP) is 1.55. The van der Waals surface area contributed by atoms with Crippen LogP contribution in [0.2, 0.25) is 0 Å². The van der Waals surface area contributed by atoms with Gasteiger partial charge in [0, 0.05) is 7.11 Å². The standard InChI is InChI=1S/C14H21NO5S/c1-3-7-12(14(16)17)15-21(18,19)10-13(20-2)11-8-5-4-6-9-11/h4-6,8-9,12-13,15H,3,7,10H2,1-2H3,(H,16,17). The lowest BCUT2D eigenvalue weighted by Crippen LogP contribution is -2.42. The number of carbonyl (C=O) groups is 1. The predicted molar refractivity (Wildman–Crippen MR) is 79.4 cm³/mol. The summed E-state index contributed by atoms with van der Waals surface area (Å²) in [6.07, 6.45) is 0.184. The monoisotopic (exact) mass is 315 g/mol. The third kappa shape index (κ3) is 5.82. The fourth-order valence-electron chi connectivity index (χ4n) is 1.95. The summed E-state index contributed by atoms with van der Waals surface area (Å²) >= 11 is 0. The van der Waals surface area contributed by atoms with Gasteiger partial charge in [-0.3, -0.25) is 4.79 Å². The van der Waals surface area contributed by atoms with E-state index in [0.717, 1.165) is 5.56 Å². The molecule has 2 N–H and O–H groups in total. The van der Waals surface area contributed by atoms with Crippen LogP contribution in [-0.4, -0.2) is 38.4 Å². The molecule has 1 aromatic carbocycles. The molecule has 1 aromatic rings. The number of sulfonamides is 1. The Morgan fingerprint density at radius 1 is 1.33 bits per heavy atom. The van der Waals surface area contributed by atoms with Gasteiger partial charge in [0.05, 0.1) is 11.9 Å². The zero-order chi connectivity index (χ0) is 15.9. The Hall–Kier alpha value is -1.44. The molecule has 0 heterocycles. The minimum atomic E-state index is -3.76. The highest BCUT2D eigenvalue weighted by Crippen LogP contribution is 2.18. The van der Waals surface area contributed by atoms with Crippen LogP contribution in [0.5, 0.6) is 0 Å². The summed E-state index contributed by atoms with van der Waals surface area (Å²) in [4.78, 5) is 11.0. The van der Waals surface area contributed by atoms with E-state index < -0.39 is 28.1 Å². The summed E-state index contributed by atoms with van der Waals surface area (Å²) in [6, 6.07) is 7.84. The van der Waals surface area contributed by atoms with E-state index in [1.165, 1.54) is 7.11 Å². The average molecular weight is 315 g/mol. The van der Waals surface area contributed by atoms with Gasteiger partial charge in [-0.25, -0.2) is 13.1 Å². The van der Waals surface area contributed by atoms with Crippen molar-refractivity contribution >= 4 is 16.0 Å². The zero-order valence-electron chi connectivity index (χ0n) is 12.2. The van der Waals surface area contributed by atoms with E-state index in [1.807, 2.05) is 6.07 Å². The number of carboxylic acids is 1. The second kappa shape index (κ2) is 8.11. The highest BCUT2D eigenvalue weighted by atomic mass is 32.2. The van der Waals surface area contributed by atoms with Gasteiger partial charge < -0.3 is 9.84 Å². The van der Waals surface area contributed by atoms with Crippen LogP contribution in [-0.2, 0) is 19.6 Å². The molecule has 2 unspecified atom stereocenters. The Bertz CT molecular complexity index is 544. The van der Waals surface area contributed by atoms with Crippen molar-refractivity contribution < 1.29 is 23.1 Å². The first-order valence-corrected chi connectivity index (χ1v) is 8.35. The van der Waals surface area contributed by atoms with Crippen molar-refractivity contribution in [3.8, 4) is 0 Å². The molecule has 0 saturated heterocycles. The van der Waals surface area contributed by atoms with Crippen LogP contribution in [0, 0.1) is 0 Å². The Labute approximate surface area is 125 Å². The summed E-state index contributed by atoms with van der Waals surface area (Å²) in [7, 11) is -2.34. The third-order valence-electron chi connectivity index (χ3n) is 3.02. The molecular weight excluding hydrogens is 294 g/mol. The van der Waals surface area contributed by atoms with Gasteiger partial charge in [0.1, 0.15) is 6.04 Å². The summed E-state index contributed by atoms with van der Waals surface area (Å²) in [5.41, 5.74) is 0.729. The molecule has 0 aromatic heterocycles. The molecule has 7 heteroatoms. The second-order valence-electron chi connectivity index (χ2n) is 4.71. The number of aliphatic carboxylic acids is 1. The van der Waals surface area contributed by atoms with Crippen LogP contribution in [0.3, 0.4) is 0 Å². The summed E-state index contributed by atoms with van der Waals surface area (Å²) in [5, 5.41) is 9.02. The van der Waals surface area contributed by atoms with Gasteiger partial charge in [-0.15, -0.1) is 0 Å². The van der Waals surface area contributed by atoms with Crippen LogP contribution in [0.1, 0.15) is 31.4 Å². The highest BCUT2D eigenvalue weighted by molar-refractivity contribution is 7.89. The number of ether oxygens (including phenoxy) is 1. The van der Waals surface area contributed by atoms with Gasteiger partial charge in [-0.1, -0.05) is 43.7 Å². The number of nitrogens with one attached hydrogen (secondary N) is 1. The van der Waals surface area contributed by atoms with Crippen LogP contribution in [0.25, 0.3) is 0 Å². The maximum absolute atomic E-state index is 12.1. The van der Waals surface area contributed by atoms with Gasteiger partial charge in [0.25, 0.3) is 0 Å². The number of hydrogen-bond donors (Lipinski definition) is 2. The van der Waals surface area contributed by atoms with Crippen LogP contribution in [0.15, 0.2) is 30.3 Å². The second-order valence-corrected chi connectivity index (χ2v) is 6.51. The number of carboxylic acid groups (broad SMARTS) is 1. The smallest absolute Gasteiger partial charge is 0.321 e. The minimum absolute atomic E-state index is 0.248. The summed E-state index contributed by atoms with van der Waals surface area (Å²) in [6.45, 7) is 1.80. The third-order valence-corrected chi connectivity index (χ3v) is 4.41. The fraction of sp³-hybridized carbons (Fsp3) is 0.500. The van der Waals surface area contributed by atoms with E-state index in [2.05, 4.69) is 4.72 Å². The van der Waals surface area contributed by atoms with E-state index in [-0.39, 0.29) is 12.2 Å². The van der Waals surface area contributed by atoms with E-state index in [4.69, 9.17) is 9.84 Å². The SMILES string of the molecule is CCCC(NS(=O)(=O)CC(OC)c1ccccc1)C(=O)O. The minimum Gasteiger partial charge on any atom is -0.480 e. The lowest BCUT2D eigenvalue weighted by Gasteiger charge is -2.19. The number of rotatable bonds is 9. The van der Waals surface area contributed by atoms with Crippen molar-refractivity contribution in [3.63, 3.8) is 0 Å². The van der Waals surface area contributed by atoms with Gasteiger partial charge in [0.15, 0.2) is 0 Å². The van der Waals surface area contributed by atoms with Crippen LogP contribution in [0.4, 0.5) is 0 Å². The molecule has 0 aliphatic carbocycles. The molecule has 2 atom stereocenters. The molecule has 0 aliphatic rings. The molecule has 6 nitrogen and oxygen atoms in total. The van der Waals surface area contributed by atoms with E-state index >= 15 is 0 Å². The average Bonchev–Trinajstić information content (AvgIpc) is 2.45. The molecule has 0 bridgehead atoms. The first-order valence-electron chi connectivity index (χ1n) is 6.70. The van der Waals surface area contributed by atoms with E-state index in [9.17, 15) is 13.2 Å². The molecule has 1 rings (SSSR count).